The molecule has 1 saturated carbocycles. The maximum Gasteiger partial charge on any atom is 0.261 e. The van der Waals surface area contributed by atoms with Crippen LogP contribution in [0.15, 0.2) is 77.6 Å². The van der Waals surface area contributed by atoms with Gasteiger partial charge in [-0.2, -0.15) is 5.26 Å². The van der Waals surface area contributed by atoms with Gasteiger partial charge in [-0.3, -0.25) is 9.36 Å². The predicted molar refractivity (Wildman–Crippen MR) is 157 cm³/mol. The smallest absolute Gasteiger partial charge is 0.261 e. The van der Waals surface area contributed by atoms with Gasteiger partial charge in [0.2, 0.25) is 0 Å². The first-order chi connectivity index (χ1) is 19.5. The first kappa shape index (κ1) is 27.4. The highest BCUT2D eigenvalue weighted by Gasteiger charge is 2.24. The molecule has 0 amide bonds. The van der Waals surface area contributed by atoms with Crippen molar-refractivity contribution in [1.29, 1.82) is 5.26 Å². The standard InChI is InChI=1S/C34H35N3O3/c1-3-8-31-30(21-24-13-15-25(16-14-24)29-10-5-4-9-26(29)22-35)34(39)37(23(2)36-31)27-17-19-28(20-18-27)40-33-12-7-6-11-32(33)38/h4-5,9-10,13-20,32-33,38H,3,6-8,11-12,21H2,1-2H3/t32-,33?/m0/s1. The van der Waals surface area contributed by atoms with Gasteiger partial charge in [0.05, 0.1) is 29.1 Å². The summed E-state index contributed by atoms with van der Waals surface area (Å²) in [5.74, 6) is 1.34. The van der Waals surface area contributed by atoms with Crippen LogP contribution in [0.2, 0.25) is 0 Å². The molecule has 6 heteroatoms. The Labute approximate surface area is 235 Å². The Balaban J connectivity index is 1.43. The lowest BCUT2D eigenvalue weighted by Gasteiger charge is -2.28. The van der Waals surface area contributed by atoms with Crippen molar-refractivity contribution in [2.24, 2.45) is 0 Å². The fourth-order valence-electron chi connectivity index (χ4n) is 5.55. The van der Waals surface area contributed by atoms with E-state index < -0.39 is 6.10 Å². The van der Waals surface area contributed by atoms with Gasteiger partial charge in [0.15, 0.2) is 0 Å². The number of hydrogen-bond donors (Lipinski definition) is 1. The van der Waals surface area contributed by atoms with Crippen LogP contribution in [0.3, 0.4) is 0 Å². The molecule has 0 spiro atoms. The monoisotopic (exact) mass is 533 g/mol. The van der Waals surface area contributed by atoms with E-state index in [2.05, 4.69) is 13.0 Å². The molecule has 1 N–H and O–H groups in total. The fraction of sp³-hybridized carbons (Fsp3) is 0.324. The minimum atomic E-state index is -0.439. The lowest BCUT2D eigenvalue weighted by atomic mass is 9.95. The SMILES string of the molecule is CCCc1nc(C)n(-c2ccc(OC3CCCC[C@@H]3O)cc2)c(=O)c1Cc1ccc(-c2ccccc2C#N)cc1. The third kappa shape index (κ3) is 5.85. The van der Waals surface area contributed by atoms with Crippen LogP contribution >= 0.6 is 0 Å². The highest BCUT2D eigenvalue weighted by Crippen LogP contribution is 2.26. The van der Waals surface area contributed by atoms with Crippen LogP contribution in [0.4, 0.5) is 0 Å². The van der Waals surface area contributed by atoms with Gasteiger partial charge in [-0.05, 0) is 79.6 Å². The van der Waals surface area contributed by atoms with E-state index in [9.17, 15) is 15.2 Å². The van der Waals surface area contributed by atoms with E-state index in [1.165, 1.54) is 0 Å². The molecule has 1 heterocycles. The van der Waals surface area contributed by atoms with E-state index in [0.29, 0.717) is 29.1 Å². The Morgan fingerprint density at radius 1 is 1.02 bits per heavy atom. The van der Waals surface area contributed by atoms with Crippen LogP contribution < -0.4 is 10.3 Å². The zero-order valence-electron chi connectivity index (χ0n) is 23.1. The molecule has 40 heavy (non-hydrogen) atoms. The minimum absolute atomic E-state index is 0.0637. The topological polar surface area (TPSA) is 88.1 Å². The van der Waals surface area contributed by atoms with Gasteiger partial charge in [-0.1, -0.05) is 62.2 Å². The van der Waals surface area contributed by atoms with E-state index >= 15 is 0 Å². The largest absolute Gasteiger partial charge is 0.488 e. The second-order valence-corrected chi connectivity index (χ2v) is 10.5. The summed E-state index contributed by atoms with van der Waals surface area (Å²) in [5.41, 5.74) is 5.72. The van der Waals surface area contributed by atoms with E-state index in [4.69, 9.17) is 9.72 Å². The average Bonchev–Trinajstić information content (AvgIpc) is 2.97. The number of aliphatic hydroxyl groups is 1. The Kier molecular flexibility index (Phi) is 8.42. The van der Waals surface area contributed by atoms with Crippen molar-refractivity contribution in [2.45, 2.75) is 71.0 Å². The van der Waals surface area contributed by atoms with Gasteiger partial charge in [0.25, 0.3) is 5.56 Å². The summed E-state index contributed by atoms with van der Waals surface area (Å²) in [5, 5.41) is 19.7. The summed E-state index contributed by atoms with van der Waals surface area (Å²) in [6.07, 6.45) is 5.18. The maximum absolute atomic E-state index is 13.9. The number of hydrogen-bond acceptors (Lipinski definition) is 5. The number of benzene rings is 3. The molecule has 3 aromatic carbocycles. The molecule has 1 aliphatic carbocycles. The summed E-state index contributed by atoms with van der Waals surface area (Å²) < 4.78 is 7.73. The van der Waals surface area contributed by atoms with E-state index in [1.54, 1.807) is 4.57 Å². The molecular weight excluding hydrogens is 498 g/mol. The molecule has 2 atom stereocenters. The molecule has 204 valence electrons. The van der Waals surface area contributed by atoms with Gasteiger partial charge >= 0.3 is 0 Å². The summed E-state index contributed by atoms with van der Waals surface area (Å²) in [6.45, 7) is 3.96. The fourth-order valence-corrected chi connectivity index (χ4v) is 5.55. The van der Waals surface area contributed by atoms with Gasteiger partial charge in [-0.25, -0.2) is 4.98 Å². The number of ether oxygens (including phenoxy) is 1. The highest BCUT2D eigenvalue weighted by molar-refractivity contribution is 5.70. The first-order valence-corrected chi connectivity index (χ1v) is 14.1. The van der Waals surface area contributed by atoms with E-state index in [-0.39, 0.29) is 11.7 Å². The first-order valence-electron chi connectivity index (χ1n) is 14.1. The third-order valence-electron chi connectivity index (χ3n) is 7.66. The highest BCUT2D eigenvalue weighted by atomic mass is 16.5. The normalized spacial score (nSPS) is 16.9. The Bertz CT molecular complexity index is 1570. The number of aryl methyl sites for hydroxylation is 2. The zero-order chi connectivity index (χ0) is 28.1. The summed E-state index contributed by atoms with van der Waals surface area (Å²) in [7, 11) is 0. The lowest BCUT2D eigenvalue weighted by Crippen LogP contribution is -2.34. The minimum Gasteiger partial charge on any atom is -0.488 e. The third-order valence-corrected chi connectivity index (χ3v) is 7.66. The molecule has 6 nitrogen and oxygen atoms in total. The second kappa shape index (κ2) is 12.3. The maximum atomic E-state index is 13.9. The van der Waals surface area contributed by atoms with Crippen molar-refractivity contribution in [3.63, 3.8) is 0 Å². The van der Waals surface area contributed by atoms with Crippen molar-refractivity contribution in [1.82, 2.24) is 9.55 Å². The molecule has 1 aliphatic rings. The molecule has 1 unspecified atom stereocenters. The Hall–Kier alpha value is -4.21. The van der Waals surface area contributed by atoms with Crippen molar-refractivity contribution in [3.05, 3.63) is 111 Å². The van der Waals surface area contributed by atoms with Crippen LogP contribution in [-0.2, 0) is 12.8 Å². The van der Waals surface area contributed by atoms with Crippen molar-refractivity contribution < 1.29 is 9.84 Å². The number of nitrogens with zero attached hydrogens (tertiary/aromatic N) is 3. The molecular formula is C34H35N3O3. The number of nitriles is 1. The Morgan fingerprint density at radius 2 is 1.75 bits per heavy atom. The molecule has 5 rings (SSSR count). The molecule has 0 bridgehead atoms. The van der Waals surface area contributed by atoms with Gasteiger partial charge in [0.1, 0.15) is 17.7 Å². The number of aliphatic hydroxyl groups excluding tert-OH is 1. The van der Waals surface area contributed by atoms with Crippen molar-refractivity contribution in [3.8, 4) is 28.6 Å². The zero-order valence-corrected chi connectivity index (χ0v) is 23.1. The van der Waals surface area contributed by atoms with Crippen LogP contribution in [0.1, 0.15) is 67.2 Å². The van der Waals surface area contributed by atoms with Crippen LogP contribution in [-0.4, -0.2) is 26.9 Å². The molecule has 0 radical (unpaired) electrons. The number of rotatable bonds is 8. The van der Waals surface area contributed by atoms with E-state index in [0.717, 1.165) is 66.6 Å². The average molecular weight is 534 g/mol. The quantitative estimate of drug-likeness (QED) is 0.287. The molecule has 4 aromatic rings. The van der Waals surface area contributed by atoms with Gasteiger partial charge in [-0.15, -0.1) is 0 Å². The number of aromatic nitrogens is 2. The predicted octanol–water partition coefficient (Wildman–Crippen LogP) is 6.31. The van der Waals surface area contributed by atoms with Gasteiger partial charge < -0.3 is 9.84 Å². The molecule has 1 fully saturated rings. The summed E-state index contributed by atoms with van der Waals surface area (Å²) in [4.78, 5) is 18.8. The van der Waals surface area contributed by atoms with Crippen LogP contribution in [0.5, 0.6) is 5.75 Å². The molecule has 1 aromatic heterocycles. The van der Waals surface area contributed by atoms with E-state index in [1.807, 2.05) is 79.7 Å². The second-order valence-electron chi connectivity index (χ2n) is 10.5. The van der Waals surface area contributed by atoms with Gasteiger partial charge in [0, 0.05) is 12.0 Å². The Morgan fingerprint density at radius 3 is 2.45 bits per heavy atom. The van der Waals surface area contributed by atoms with Crippen LogP contribution in [0, 0.1) is 18.3 Å². The van der Waals surface area contributed by atoms with Crippen molar-refractivity contribution in [2.75, 3.05) is 0 Å². The summed E-state index contributed by atoms with van der Waals surface area (Å²) in [6, 6.07) is 25.4. The molecule has 0 aliphatic heterocycles. The molecule has 0 saturated heterocycles. The lowest BCUT2D eigenvalue weighted by molar-refractivity contribution is 0.00688. The van der Waals surface area contributed by atoms with Crippen molar-refractivity contribution >= 4 is 0 Å². The summed E-state index contributed by atoms with van der Waals surface area (Å²) >= 11 is 0. The van der Waals surface area contributed by atoms with Crippen LogP contribution in [0.25, 0.3) is 16.8 Å².